The SMILES string of the molecule is COc1cc(C=Cc2cc(OC)c(OC)c(OC)c2)cc(NS(=O)(=O)c2cccc(N)c2)c1O. The number of hydrogen-bond donors (Lipinski definition) is 3. The van der Waals surface area contributed by atoms with Gasteiger partial charge in [-0.2, -0.15) is 0 Å². The number of nitrogens with one attached hydrogen (secondary N) is 1. The number of nitrogens with two attached hydrogens (primary N) is 1. The van der Waals surface area contributed by atoms with Crippen LogP contribution >= 0.6 is 0 Å². The second-order valence-electron chi connectivity index (χ2n) is 7.09. The number of sulfonamides is 1. The van der Waals surface area contributed by atoms with Gasteiger partial charge in [-0.25, -0.2) is 8.42 Å². The van der Waals surface area contributed by atoms with Gasteiger partial charge in [-0.1, -0.05) is 18.2 Å². The summed E-state index contributed by atoms with van der Waals surface area (Å²) in [5.41, 5.74) is 7.26. The third-order valence-electron chi connectivity index (χ3n) is 4.89. The van der Waals surface area contributed by atoms with Crippen molar-refractivity contribution in [3.05, 3.63) is 59.7 Å². The Balaban J connectivity index is 2.00. The molecule has 34 heavy (non-hydrogen) atoms. The summed E-state index contributed by atoms with van der Waals surface area (Å²) >= 11 is 0. The highest BCUT2D eigenvalue weighted by molar-refractivity contribution is 7.92. The van der Waals surface area contributed by atoms with Crippen molar-refractivity contribution in [1.82, 2.24) is 0 Å². The van der Waals surface area contributed by atoms with E-state index >= 15 is 0 Å². The van der Waals surface area contributed by atoms with E-state index in [1.54, 1.807) is 36.4 Å². The van der Waals surface area contributed by atoms with Crippen molar-refractivity contribution < 1.29 is 32.5 Å². The number of benzene rings is 3. The van der Waals surface area contributed by atoms with E-state index in [0.29, 0.717) is 28.5 Å². The monoisotopic (exact) mass is 486 g/mol. The van der Waals surface area contributed by atoms with Crippen LogP contribution in [0.3, 0.4) is 0 Å². The number of phenolic OH excluding ortho intramolecular Hbond substituents is 1. The normalized spacial score (nSPS) is 11.3. The molecule has 0 atom stereocenters. The lowest BCUT2D eigenvalue weighted by Crippen LogP contribution is -2.13. The molecule has 3 aromatic carbocycles. The Morgan fingerprint density at radius 3 is 1.91 bits per heavy atom. The summed E-state index contributed by atoms with van der Waals surface area (Å²) in [5.74, 6) is 1.18. The average molecular weight is 487 g/mol. The molecular weight excluding hydrogens is 460 g/mol. The number of phenols is 1. The fourth-order valence-electron chi connectivity index (χ4n) is 3.23. The number of methoxy groups -OCH3 is 4. The van der Waals surface area contributed by atoms with Crippen LogP contribution in [0.2, 0.25) is 0 Å². The van der Waals surface area contributed by atoms with Crippen LogP contribution in [0.25, 0.3) is 12.2 Å². The zero-order valence-corrected chi connectivity index (χ0v) is 20.0. The van der Waals surface area contributed by atoms with Gasteiger partial charge >= 0.3 is 0 Å². The third kappa shape index (κ3) is 5.29. The highest BCUT2D eigenvalue weighted by atomic mass is 32.2. The minimum Gasteiger partial charge on any atom is -0.503 e. The molecule has 0 aromatic heterocycles. The molecule has 0 aliphatic carbocycles. The number of nitrogen functional groups attached to an aromatic ring is 1. The van der Waals surface area contributed by atoms with E-state index in [9.17, 15) is 13.5 Å². The van der Waals surface area contributed by atoms with Crippen LogP contribution in [0.5, 0.6) is 28.7 Å². The molecular formula is C24H26N2O7S. The lowest BCUT2D eigenvalue weighted by molar-refractivity contribution is 0.324. The molecule has 0 heterocycles. The number of anilines is 2. The smallest absolute Gasteiger partial charge is 0.262 e. The minimum atomic E-state index is -4.01. The second-order valence-corrected chi connectivity index (χ2v) is 8.77. The highest BCUT2D eigenvalue weighted by Gasteiger charge is 2.19. The van der Waals surface area contributed by atoms with E-state index in [2.05, 4.69) is 4.72 Å². The summed E-state index contributed by atoms with van der Waals surface area (Å²) in [6.45, 7) is 0. The van der Waals surface area contributed by atoms with Gasteiger partial charge in [-0.05, 0) is 53.6 Å². The van der Waals surface area contributed by atoms with Gasteiger partial charge in [0.15, 0.2) is 23.0 Å². The Morgan fingerprint density at radius 1 is 0.824 bits per heavy atom. The van der Waals surface area contributed by atoms with Crippen LogP contribution in [0.15, 0.2) is 53.4 Å². The Labute approximate surface area is 198 Å². The number of ether oxygens (including phenoxy) is 4. The predicted octanol–water partition coefficient (Wildman–Crippen LogP) is 3.98. The lowest BCUT2D eigenvalue weighted by atomic mass is 10.1. The molecule has 0 spiro atoms. The van der Waals surface area contributed by atoms with Gasteiger partial charge < -0.3 is 29.8 Å². The summed E-state index contributed by atoms with van der Waals surface area (Å²) in [6.07, 6.45) is 3.49. The van der Waals surface area contributed by atoms with E-state index in [4.69, 9.17) is 24.7 Å². The quantitative estimate of drug-likeness (QED) is 0.235. The van der Waals surface area contributed by atoms with Crippen molar-refractivity contribution in [2.24, 2.45) is 0 Å². The van der Waals surface area contributed by atoms with Gasteiger partial charge in [-0.15, -0.1) is 0 Å². The summed E-state index contributed by atoms with van der Waals surface area (Å²) in [4.78, 5) is -0.0377. The van der Waals surface area contributed by atoms with Crippen LogP contribution in [-0.4, -0.2) is 42.0 Å². The fourth-order valence-corrected chi connectivity index (χ4v) is 4.35. The molecule has 0 saturated heterocycles. The van der Waals surface area contributed by atoms with Crippen LogP contribution in [0.1, 0.15) is 11.1 Å². The molecule has 9 nitrogen and oxygen atoms in total. The molecule has 0 radical (unpaired) electrons. The molecule has 0 aliphatic heterocycles. The highest BCUT2D eigenvalue weighted by Crippen LogP contribution is 2.40. The van der Waals surface area contributed by atoms with Crippen LogP contribution in [0.4, 0.5) is 11.4 Å². The second kappa shape index (κ2) is 10.3. The Bertz CT molecular complexity index is 1300. The van der Waals surface area contributed by atoms with Gasteiger partial charge in [-0.3, -0.25) is 4.72 Å². The number of aromatic hydroxyl groups is 1. The van der Waals surface area contributed by atoms with E-state index in [1.165, 1.54) is 52.7 Å². The van der Waals surface area contributed by atoms with Gasteiger partial charge in [0.25, 0.3) is 10.0 Å². The van der Waals surface area contributed by atoms with Crippen molar-refractivity contribution in [3.63, 3.8) is 0 Å². The Morgan fingerprint density at radius 2 is 1.38 bits per heavy atom. The number of rotatable bonds is 9. The first kappa shape index (κ1) is 24.6. The largest absolute Gasteiger partial charge is 0.503 e. The molecule has 0 bridgehead atoms. The molecule has 3 rings (SSSR count). The van der Waals surface area contributed by atoms with Crippen molar-refractivity contribution >= 4 is 33.6 Å². The fraction of sp³-hybridized carbons (Fsp3) is 0.167. The van der Waals surface area contributed by atoms with Gasteiger partial charge in [0.05, 0.1) is 39.0 Å². The predicted molar refractivity (Wildman–Crippen MR) is 131 cm³/mol. The van der Waals surface area contributed by atoms with E-state index in [0.717, 1.165) is 5.56 Å². The summed E-state index contributed by atoms with van der Waals surface area (Å²) in [5, 5.41) is 10.5. The molecule has 0 fully saturated rings. The first-order valence-electron chi connectivity index (χ1n) is 9.99. The first-order chi connectivity index (χ1) is 16.2. The number of hydrogen-bond acceptors (Lipinski definition) is 8. The van der Waals surface area contributed by atoms with Gasteiger partial charge in [0.2, 0.25) is 5.75 Å². The molecule has 4 N–H and O–H groups in total. The van der Waals surface area contributed by atoms with Crippen molar-refractivity contribution in [3.8, 4) is 28.7 Å². The van der Waals surface area contributed by atoms with Crippen molar-refractivity contribution in [2.45, 2.75) is 4.90 Å². The zero-order chi connectivity index (χ0) is 24.9. The van der Waals surface area contributed by atoms with Crippen molar-refractivity contribution in [1.29, 1.82) is 0 Å². The zero-order valence-electron chi connectivity index (χ0n) is 19.2. The summed E-state index contributed by atoms with van der Waals surface area (Å²) in [6, 6.07) is 12.4. The molecule has 0 saturated carbocycles. The van der Waals surface area contributed by atoms with E-state index in [1.807, 2.05) is 0 Å². The Hall–Kier alpha value is -4.05. The molecule has 0 amide bonds. The molecule has 0 aliphatic rings. The maximum atomic E-state index is 12.8. The average Bonchev–Trinajstić information content (AvgIpc) is 2.83. The summed E-state index contributed by atoms with van der Waals surface area (Å²) < 4.78 is 49.3. The maximum absolute atomic E-state index is 12.8. The van der Waals surface area contributed by atoms with E-state index < -0.39 is 10.0 Å². The maximum Gasteiger partial charge on any atom is 0.262 e. The Kier molecular flexibility index (Phi) is 7.42. The van der Waals surface area contributed by atoms with Crippen LogP contribution in [0, 0.1) is 0 Å². The van der Waals surface area contributed by atoms with Crippen LogP contribution < -0.4 is 29.4 Å². The molecule has 3 aromatic rings. The molecule has 10 heteroatoms. The van der Waals surface area contributed by atoms with Gasteiger partial charge in [0.1, 0.15) is 0 Å². The van der Waals surface area contributed by atoms with Crippen LogP contribution in [-0.2, 0) is 10.0 Å². The van der Waals surface area contributed by atoms with Gasteiger partial charge in [0, 0.05) is 5.69 Å². The van der Waals surface area contributed by atoms with E-state index in [-0.39, 0.29) is 22.1 Å². The third-order valence-corrected chi connectivity index (χ3v) is 6.25. The van der Waals surface area contributed by atoms with Crippen molar-refractivity contribution in [2.75, 3.05) is 38.9 Å². The summed E-state index contributed by atoms with van der Waals surface area (Å²) in [7, 11) is 1.93. The molecule has 180 valence electrons. The molecule has 0 unspecified atom stereocenters. The lowest BCUT2D eigenvalue weighted by Gasteiger charge is -2.14. The first-order valence-corrected chi connectivity index (χ1v) is 11.5. The standard InChI is InChI=1S/C24H26N2O7S/c1-30-20-11-15(8-9-16-12-21(31-2)24(33-4)22(13-16)32-3)10-19(23(20)27)26-34(28,29)18-7-5-6-17(25)14-18/h5-14,26-27H,25H2,1-4H3. The topological polar surface area (TPSA) is 129 Å². The minimum absolute atomic E-state index is 0.0377.